The number of fused-ring (bicyclic) bond motifs is 2. The molecule has 0 saturated carbocycles. The van der Waals surface area contributed by atoms with Gasteiger partial charge in [-0.25, -0.2) is 9.59 Å². The number of likely N-dealkylation sites (tertiary alicyclic amines) is 1. The van der Waals surface area contributed by atoms with Gasteiger partial charge in [-0.15, -0.1) is 0 Å². The summed E-state index contributed by atoms with van der Waals surface area (Å²) in [4.78, 5) is 25.5. The third-order valence-electron chi connectivity index (χ3n) is 6.24. The monoisotopic (exact) mass is 416 g/mol. The maximum Gasteiger partial charge on any atom is 0.336 e. The first kappa shape index (κ1) is 19.7. The minimum atomic E-state index is -0.353. The van der Waals surface area contributed by atoms with Gasteiger partial charge in [-0.05, 0) is 67.9 Å². The van der Waals surface area contributed by atoms with Crippen LogP contribution in [0.1, 0.15) is 30.5 Å². The summed E-state index contributed by atoms with van der Waals surface area (Å²) in [5.74, 6) is 0. The molecule has 1 fully saturated rings. The lowest BCUT2D eigenvalue weighted by Gasteiger charge is -2.24. The van der Waals surface area contributed by atoms with Crippen LogP contribution in [-0.2, 0) is 0 Å². The Hall–Kier alpha value is -3.22. The first-order valence-electron chi connectivity index (χ1n) is 10.5. The molecule has 0 spiro atoms. The Morgan fingerprint density at radius 3 is 1.90 bits per heavy atom. The Labute approximate surface area is 179 Å². The molecule has 0 bridgehead atoms. The van der Waals surface area contributed by atoms with E-state index in [1.807, 2.05) is 24.3 Å². The fourth-order valence-corrected chi connectivity index (χ4v) is 4.47. The Morgan fingerprint density at radius 1 is 0.871 bits per heavy atom. The Bertz CT molecular complexity index is 1270. The van der Waals surface area contributed by atoms with E-state index in [0.717, 1.165) is 34.9 Å². The molecular formula is C25H24N2O4. The van der Waals surface area contributed by atoms with Crippen molar-refractivity contribution in [2.24, 2.45) is 0 Å². The predicted octanol–water partition coefficient (Wildman–Crippen LogP) is 3.67. The van der Waals surface area contributed by atoms with Crippen LogP contribution in [0.15, 0.2) is 79.1 Å². The average Bonchev–Trinajstić information content (AvgIpc) is 3.08. The summed E-state index contributed by atoms with van der Waals surface area (Å²) in [7, 11) is 2.15. The van der Waals surface area contributed by atoms with Crippen LogP contribution in [0.25, 0.3) is 21.9 Å². The number of hydrogen-bond acceptors (Lipinski definition) is 6. The van der Waals surface area contributed by atoms with Crippen LogP contribution in [0.5, 0.6) is 0 Å². The topological polar surface area (TPSA) is 75.7 Å². The van der Waals surface area contributed by atoms with Crippen LogP contribution in [0.4, 0.5) is 0 Å². The zero-order valence-electron chi connectivity index (χ0n) is 17.5. The summed E-state index contributed by atoms with van der Waals surface area (Å²) in [6.07, 6.45) is 1.07. The Kier molecular flexibility index (Phi) is 4.96. The van der Waals surface area contributed by atoms with E-state index >= 15 is 0 Å². The van der Waals surface area contributed by atoms with Gasteiger partial charge in [-0.3, -0.25) is 0 Å². The van der Waals surface area contributed by atoms with Gasteiger partial charge in [0.25, 0.3) is 0 Å². The lowest BCUT2D eigenvalue weighted by Crippen LogP contribution is -2.35. The number of nitrogens with zero attached hydrogens (tertiary/aromatic N) is 1. The zero-order chi connectivity index (χ0) is 21.5. The van der Waals surface area contributed by atoms with E-state index in [2.05, 4.69) is 36.3 Å². The number of rotatable bonds is 4. The maximum absolute atomic E-state index is 11.5. The van der Waals surface area contributed by atoms with Crippen molar-refractivity contribution < 1.29 is 8.83 Å². The standard InChI is InChI=1S/C25H24N2O4/c1-15-11-20(14-27(15)2)26-25(18-3-7-21-16(12-18)5-9-23(28)30-21)19-4-8-22-17(13-19)6-10-24(29)31-22/h3-10,12-13,15,20,25-26H,11,14H2,1-2H3. The molecule has 158 valence electrons. The van der Waals surface area contributed by atoms with Gasteiger partial charge in [0.1, 0.15) is 11.2 Å². The number of nitrogens with one attached hydrogen (secondary N) is 1. The van der Waals surface area contributed by atoms with Gasteiger partial charge in [0.05, 0.1) is 6.04 Å². The van der Waals surface area contributed by atoms with Crippen molar-refractivity contribution in [1.82, 2.24) is 10.2 Å². The van der Waals surface area contributed by atoms with Crippen molar-refractivity contribution in [3.05, 3.63) is 92.6 Å². The van der Waals surface area contributed by atoms with E-state index in [1.54, 1.807) is 12.1 Å². The number of hydrogen-bond donors (Lipinski definition) is 1. The normalized spacial score (nSPS) is 19.6. The maximum atomic E-state index is 11.5. The van der Waals surface area contributed by atoms with Crippen molar-refractivity contribution in [1.29, 1.82) is 0 Å². The highest BCUT2D eigenvalue weighted by atomic mass is 16.4. The molecule has 1 N–H and O–H groups in total. The van der Waals surface area contributed by atoms with Crippen molar-refractivity contribution >= 4 is 21.9 Å². The predicted molar refractivity (Wildman–Crippen MR) is 120 cm³/mol. The zero-order valence-corrected chi connectivity index (χ0v) is 17.5. The first-order valence-corrected chi connectivity index (χ1v) is 10.5. The van der Waals surface area contributed by atoms with Crippen molar-refractivity contribution in [2.75, 3.05) is 13.6 Å². The smallest absolute Gasteiger partial charge is 0.336 e. The van der Waals surface area contributed by atoms with Crippen LogP contribution >= 0.6 is 0 Å². The summed E-state index contributed by atoms with van der Waals surface area (Å²) in [6, 6.07) is 19.1. The molecule has 2 aromatic carbocycles. The largest absolute Gasteiger partial charge is 0.423 e. The summed E-state index contributed by atoms with van der Waals surface area (Å²) >= 11 is 0. The van der Waals surface area contributed by atoms with E-state index in [0.29, 0.717) is 23.2 Å². The molecule has 1 aliphatic heterocycles. The van der Waals surface area contributed by atoms with Crippen LogP contribution in [0, 0.1) is 0 Å². The molecule has 0 aliphatic carbocycles. The second-order valence-electron chi connectivity index (χ2n) is 8.42. The molecule has 0 amide bonds. The molecule has 5 rings (SSSR count). The third kappa shape index (κ3) is 3.92. The van der Waals surface area contributed by atoms with Crippen molar-refractivity contribution in [3.63, 3.8) is 0 Å². The molecule has 6 nitrogen and oxygen atoms in total. The molecule has 2 atom stereocenters. The molecule has 6 heteroatoms. The van der Waals surface area contributed by atoms with Gasteiger partial charge in [-0.2, -0.15) is 0 Å². The molecule has 31 heavy (non-hydrogen) atoms. The van der Waals surface area contributed by atoms with E-state index in [-0.39, 0.29) is 17.3 Å². The second kappa shape index (κ2) is 7.80. The van der Waals surface area contributed by atoms with Crippen LogP contribution in [0.3, 0.4) is 0 Å². The highest BCUT2D eigenvalue weighted by Crippen LogP contribution is 2.29. The van der Waals surface area contributed by atoms with Crippen LogP contribution in [0.2, 0.25) is 0 Å². The van der Waals surface area contributed by atoms with E-state index < -0.39 is 0 Å². The fraction of sp³-hybridized carbons (Fsp3) is 0.280. The first-order chi connectivity index (χ1) is 15.0. The Morgan fingerprint density at radius 2 is 1.42 bits per heavy atom. The van der Waals surface area contributed by atoms with E-state index in [1.165, 1.54) is 12.1 Å². The van der Waals surface area contributed by atoms with Gasteiger partial charge < -0.3 is 19.1 Å². The lowest BCUT2D eigenvalue weighted by atomic mass is 9.95. The second-order valence-corrected chi connectivity index (χ2v) is 8.42. The summed E-state index contributed by atoms with van der Waals surface area (Å²) in [5, 5.41) is 5.60. The molecule has 0 radical (unpaired) electrons. The minimum Gasteiger partial charge on any atom is -0.423 e. The molecule has 1 saturated heterocycles. The molecule has 2 aromatic heterocycles. The van der Waals surface area contributed by atoms with Gasteiger partial charge in [0.2, 0.25) is 0 Å². The summed E-state index contributed by atoms with van der Waals surface area (Å²) in [6.45, 7) is 3.22. The molecule has 2 unspecified atom stereocenters. The van der Waals surface area contributed by atoms with Crippen molar-refractivity contribution in [2.45, 2.75) is 31.5 Å². The number of benzene rings is 2. The highest BCUT2D eigenvalue weighted by molar-refractivity contribution is 5.79. The van der Waals surface area contributed by atoms with E-state index in [4.69, 9.17) is 8.83 Å². The SMILES string of the molecule is CC1CC(NC(c2ccc3oc(=O)ccc3c2)c2ccc3oc(=O)ccc3c2)CN1C. The molecule has 4 aromatic rings. The summed E-state index contributed by atoms with van der Waals surface area (Å²) < 4.78 is 10.6. The fourth-order valence-electron chi connectivity index (χ4n) is 4.47. The van der Waals surface area contributed by atoms with Gasteiger partial charge in [0.15, 0.2) is 0 Å². The third-order valence-corrected chi connectivity index (χ3v) is 6.24. The Balaban J connectivity index is 1.59. The quantitative estimate of drug-likeness (QED) is 0.512. The van der Waals surface area contributed by atoms with Gasteiger partial charge in [-0.1, -0.05) is 12.1 Å². The number of likely N-dealkylation sites (N-methyl/N-ethyl adjacent to an activating group) is 1. The average molecular weight is 416 g/mol. The van der Waals surface area contributed by atoms with E-state index in [9.17, 15) is 9.59 Å². The minimum absolute atomic E-state index is 0.0589. The van der Waals surface area contributed by atoms with Gasteiger partial charge >= 0.3 is 11.3 Å². The molecular weight excluding hydrogens is 392 g/mol. The van der Waals surface area contributed by atoms with Crippen molar-refractivity contribution in [3.8, 4) is 0 Å². The lowest BCUT2D eigenvalue weighted by molar-refractivity contribution is 0.325. The molecule has 1 aliphatic rings. The summed E-state index contributed by atoms with van der Waals surface area (Å²) in [5.41, 5.74) is 2.61. The highest BCUT2D eigenvalue weighted by Gasteiger charge is 2.29. The van der Waals surface area contributed by atoms with Crippen LogP contribution < -0.4 is 16.6 Å². The van der Waals surface area contributed by atoms with Crippen LogP contribution in [-0.4, -0.2) is 30.6 Å². The van der Waals surface area contributed by atoms with Gasteiger partial charge in [0, 0.05) is 41.5 Å². The molecule has 3 heterocycles.